The van der Waals surface area contributed by atoms with Gasteiger partial charge in [-0.05, 0) is 64.4 Å². The van der Waals surface area contributed by atoms with Crippen LogP contribution in [0.4, 0.5) is 4.39 Å². The van der Waals surface area contributed by atoms with E-state index in [2.05, 4.69) is 31.1 Å². The third-order valence-electron chi connectivity index (χ3n) is 4.39. The fourth-order valence-corrected chi connectivity index (χ4v) is 2.77. The number of nitrogens with zero attached hydrogens (tertiary/aromatic N) is 1. The molecule has 3 unspecified atom stereocenters. The predicted octanol–water partition coefficient (Wildman–Crippen LogP) is 3.27. The summed E-state index contributed by atoms with van der Waals surface area (Å²) in [7, 11) is 2.18. The molecule has 1 aliphatic heterocycles. The zero-order valence-corrected chi connectivity index (χ0v) is 12.4. The minimum Gasteiger partial charge on any atom is -0.307 e. The third kappa shape index (κ3) is 3.54. The Labute approximate surface area is 116 Å². The van der Waals surface area contributed by atoms with Crippen molar-refractivity contribution in [2.45, 2.75) is 51.7 Å². The van der Waals surface area contributed by atoms with Crippen molar-refractivity contribution in [2.24, 2.45) is 0 Å². The second-order valence-corrected chi connectivity index (χ2v) is 5.95. The molecule has 1 heterocycles. The molecule has 0 aliphatic carbocycles. The molecule has 3 heteroatoms. The van der Waals surface area contributed by atoms with E-state index in [9.17, 15) is 4.39 Å². The van der Waals surface area contributed by atoms with Gasteiger partial charge >= 0.3 is 0 Å². The monoisotopic (exact) mass is 264 g/mol. The van der Waals surface area contributed by atoms with Crippen LogP contribution in [0, 0.1) is 12.7 Å². The Morgan fingerprint density at radius 1 is 1.42 bits per heavy atom. The number of nitrogens with one attached hydrogen (secondary N) is 1. The summed E-state index contributed by atoms with van der Waals surface area (Å²) < 4.78 is 13.6. The standard InChI is InChI=1S/C16H25FN2/c1-11-5-6-14(10-16(11)17)13(3)18-15-7-8-19(4)12(2)9-15/h5-6,10,12-13,15,18H,7-9H2,1-4H3. The van der Waals surface area contributed by atoms with E-state index in [-0.39, 0.29) is 11.9 Å². The molecular weight excluding hydrogens is 239 g/mol. The van der Waals surface area contributed by atoms with Gasteiger partial charge in [-0.15, -0.1) is 0 Å². The smallest absolute Gasteiger partial charge is 0.126 e. The van der Waals surface area contributed by atoms with Gasteiger partial charge in [0, 0.05) is 18.1 Å². The zero-order chi connectivity index (χ0) is 14.0. The van der Waals surface area contributed by atoms with Gasteiger partial charge in [0.15, 0.2) is 0 Å². The van der Waals surface area contributed by atoms with Crippen molar-refractivity contribution < 1.29 is 4.39 Å². The Morgan fingerprint density at radius 3 is 2.79 bits per heavy atom. The maximum Gasteiger partial charge on any atom is 0.126 e. The summed E-state index contributed by atoms with van der Waals surface area (Å²) >= 11 is 0. The number of hydrogen-bond donors (Lipinski definition) is 1. The van der Waals surface area contributed by atoms with Gasteiger partial charge in [0.05, 0.1) is 0 Å². The molecule has 0 spiro atoms. The third-order valence-corrected chi connectivity index (χ3v) is 4.39. The van der Waals surface area contributed by atoms with Crippen LogP contribution >= 0.6 is 0 Å². The number of rotatable bonds is 3. The number of hydrogen-bond acceptors (Lipinski definition) is 2. The van der Waals surface area contributed by atoms with E-state index in [1.165, 1.54) is 6.42 Å². The topological polar surface area (TPSA) is 15.3 Å². The van der Waals surface area contributed by atoms with E-state index in [4.69, 9.17) is 0 Å². The summed E-state index contributed by atoms with van der Waals surface area (Å²) in [6.07, 6.45) is 2.33. The van der Waals surface area contributed by atoms with Crippen LogP contribution < -0.4 is 5.32 Å². The van der Waals surface area contributed by atoms with Crippen LogP contribution in [0.5, 0.6) is 0 Å². The van der Waals surface area contributed by atoms with Crippen LogP contribution in [-0.2, 0) is 0 Å². The largest absolute Gasteiger partial charge is 0.307 e. The molecule has 3 atom stereocenters. The minimum absolute atomic E-state index is 0.108. The summed E-state index contributed by atoms with van der Waals surface area (Å²) in [5.41, 5.74) is 1.75. The number of aryl methyl sites for hydroxylation is 1. The van der Waals surface area contributed by atoms with Gasteiger partial charge in [-0.3, -0.25) is 0 Å². The highest BCUT2D eigenvalue weighted by Gasteiger charge is 2.23. The average Bonchev–Trinajstić information content (AvgIpc) is 2.37. The summed E-state index contributed by atoms with van der Waals surface area (Å²) in [5.74, 6) is -0.108. The van der Waals surface area contributed by atoms with Crippen LogP contribution in [-0.4, -0.2) is 30.6 Å². The fourth-order valence-electron chi connectivity index (χ4n) is 2.77. The van der Waals surface area contributed by atoms with Gasteiger partial charge < -0.3 is 10.2 Å². The van der Waals surface area contributed by atoms with Gasteiger partial charge in [0.25, 0.3) is 0 Å². The van der Waals surface area contributed by atoms with Gasteiger partial charge in [0.2, 0.25) is 0 Å². The highest BCUT2D eigenvalue weighted by Crippen LogP contribution is 2.21. The van der Waals surface area contributed by atoms with Crippen LogP contribution in [0.1, 0.15) is 43.9 Å². The molecule has 0 saturated carbocycles. The fraction of sp³-hybridized carbons (Fsp3) is 0.625. The predicted molar refractivity (Wildman–Crippen MR) is 77.8 cm³/mol. The first kappa shape index (κ1) is 14.5. The highest BCUT2D eigenvalue weighted by molar-refractivity contribution is 5.25. The molecule has 0 aromatic heterocycles. The molecular formula is C16H25FN2. The number of likely N-dealkylation sites (tertiary alicyclic amines) is 1. The molecule has 0 bridgehead atoms. The van der Waals surface area contributed by atoms with E-state index < -0.39 is 0 Å². The second kappa shape index (κ2) is 6.02. The first-order valence-electron chi connectivity index (χ1n) is 7.19. The van der Waals surface area contributed by atoms with Gasteiger partial charge in [-0.25, -0.2) is 4.39 Å². The summed E-state index contributed by atoms with van der Waals surface area (Å²) in [6, 6.07) is 6.90. The first-order chi connectivity index (χ1) is 8.97. The number of piperidine rings is 1. The summed E-state index contributed by atoms with van der Waals surface area (Å²) in [5, 5.41) is 3.64. The SMILES string of the molecule is Cc1ccc(C(C)NC2CCN(C)C(C)C2)cc1F. The van der Waals surface area contributed by atoms with Crippen LogP contribution in [0.15, 0.2) is 18.2 Å². The quantitative estimate of drug-likeness (QED) is 0.901. The lowest BCUT2D eigenvalue weighted by atomic mass is 9.97. The normalized spacial score (nSPS) is 26.4. The van der Waals surface area contributed by atoms with E-state index in [1.807, 2.05) is 12.1 Å². The average molecular weight is 264 g/mol. The van der Waals surface area contributed by atoms with Crippen molar-refractivity contribution in [3.05, 3.63) is 35.1 Å². The lowest BCUT2D eigenvalue weighted by molar-refractivity contribution is 0.163. The van der Waals surface area contributed by atoms with E-state index >= 15 is 0 Å². The molecule has 2 rings (SSSR count). The van der Waals surface area contributed by atoms with Crippen LogP contribution in [0.2, 0.25) is 0 Å². The van der Waals surface area contributed by atoms with E-state index in [1.54, 1.807) is 13.0 Å². The van der Waals surface area contributed by atoms with Crippen molar-refractivity contribution in [1.82, 2.24) is 10.2 Å². The van der Waals surface area contributed by atoms with Crippen molar-refractivity contribution in [3.8, 4) is 0 Å². The Bertz CT molecular complexity index is 433. The molecule has 2 nitrogen and oxygen atoms in total. The van der Waals surface area contributed by atoms with E-state index in [0.717, 1.165) is 18.5 Å². The second-order valence-electron chi connectivity index (χ2n) is 5.95. The zero-order valence-electron chi connectivity index (χ0n) is 12.4. The minimum atomic E-state index is -0.108. The van der Waals surface area contributed by atoms with E-state index in [0.29, 0.717) is 17.6 Å². The first-order valence-corrected chi connectivity index (χ1v) is 7.19. The molecule has 19 heavy (non-hydrogen) atoms. The molecule has 1 N–H and O–H groups in total. The van der Waals surface area contributed by atoms with Crippen molar-refractivity contribution >= 4 is 0 Å². The maximum atomic E-state index is 13.6. The van der Waals surface area contributed by atoms with Gasteiger partial charge in [-0.2, -0.15) is 0 Å². The molecule has 0 radical (unpaired) electrons. The molecule has 1 saturated heterocycles. The Balaban J connectivity index is 1.97. The van der Waals surface area contributed by atoms with Crippen molar-refractivity contribution in [2.75, 3.05) is 13.6 Å². The highest BCUT2D eigenvalue weighted by atomic mass is 19.1. The number of halogens is 1. The molecule has 1 fully saturated rings. The molecule has 106 valence electrons. The Morgan fingerprint density at radius 2 is 2.16 bits per heavy atom. The molecule has 1 aromatic rings. The molecule has 0 amide bonds. The summed E-state index contributed by atoms with van der Waals surface area (Å²) in [6.45, 7) is 7.32. The van der Waals surface area contributed by atoms with Crippen molar-refractivity contribution in [3.63, 3.8) is 0 Å². The Hall–Kier alpha value is -0.930. The lowest BCUT2D eigenvalue weighted by Crippen LogP contribution is -2.46. The number of benzene rings is 1. The van der Waals surface area contributed by atoms with Crippen LogP contribution in [0.3, 0.4) is 0 Å². The van der Waals surface area contributed by atoms with Crippen molar-refractivity contribution in [1.29, 1.82) is 0 Å². The van der Waals surface area contributed by atoms with Gasteiger partial charge in [0.1, 0.15) is 5.82 Å². The molecule has 1 aliphatic rings. The summed E-state index contributed by atoms with van der Waals surface area (Å²) in [4.78, 5) is 2.40. The maximum absolute atomic E-state index is 13.6. The molecule has 1 aromatic carbocycles. The van der Waals surface area contributed by atoms with Crippen LogP contribution in [0.25, 0.3) is 0 Å². The Kier molecular flexibility index (Phi) is 4.58. The van der Waals surface area contributed by atoms with Gasteiger partial charge in [-0.1, -0.05) is 12.1 Å². The lowest BCUT2D eigenvalue weighted by Gasteiger charge is -2.36.